The third-order valence-electron chi connectivity index (χ3n) is 3.59. The van der Waals surface area contributed by atoms with E-state index < -0.39 is 18.1 Å². The fourth-order valence-corrected chi connectivity index (χ4v) is 2.52. The first-order valence-electron chi connectivity index (χ1n) is 6.68. The second-order valence-corrected chi connectivity index (χ2v) is 5.10. The van der Waals surface area contributed by atoms with E-state index in [-0.39, 0.29) is 17.5 Å². The molecule has 1 saturated carbocycles. The lowest BCUT2D eigenvalue weighted by molar-refractivity contribution is -0.144. The summed E-state index contributed by atoms with van der Waals surface area (Å²) < 4.78 is 38.5. The number of aliphatic hydroxyl groups is 1. The number of nitrogens with one attached hydrogen (secondary N) is 2. The van der Waals surface area contributed by atoms with Crippen molar-refractivity contribution >= 4 is 17.0 Å². The van der Waals surface area contributed by atoms with Crippen LogP contribution in [0, 0.1) is 0 Å². The minimum Gasteiger partial charge on any atom is -0.391 e. The molecule has 114 valence electrons. The number of aromatic nitrogens is 4. The van der Waals surface area contributed by atoms with Crippen LogP contribution in [0.5, 0.6) is 0 Å². The van der Waals surface area contributed by atoms with Crippen LogP contribution in [0.1, 0.15) is 31.5 Å². The third-order valence-corrected chi connectivity index (χ3v) is 3.59. The van der Waals surface area contributed by atoms with Crippen LogP contribution in [-0.2, 0) is 6.18 Å². The molecule has 0 bridgehead atoms. The summed E-state index contributed by atoms with van der Waals surface area (Å²) in [6, 6.07) is -0.318. The summed E-state index contributed by atoms with van der Waals surface area (Å²) in [5.41, 5.74) is 0.255. The summed E-state index contributed by atoms with van der Waals surface area (Å²) in [5, 5.41) is 12.8. The molecule has 3 rings (SSSR count). The highest BCUT2D eigenvalue weighted by molar-refractivity contribution is 5.82. The van der Waals surface area contributed by atoms with Gasteiger partial charge < -0.3 is 15.4 Å². The number of fused-ring (bicyclic) bond motifs is 1. The fraction of sp³-hybridized carbons (Fsp3) is 0.583. The van der Waals surface area contributed by atoms with Crippen LogP contribution in [0.25, 0.3) is 11.2 Å². The molecule has 0 aromatic carbocycles. The van der Waals surface area contributed by atoms with Crippen LogP contribution in [0.15, 0.2) is 6.33 Å². The molecular weight excluding hydrogens is 287 g/mol. The summed E-state index contributed by atoms with van der Waals surface area (Å²) in [7, 11) is 0. The number of aliphatic hydroxyl groups excluding tert-OH is 1. The zero-order valence-electron chi connectivity index (χ0n) is 11.0. The molecule has 2 aromatic rings. The summed E-state index contributed by atoms with van der Waals surface area (Å²) in [6.45, 7) is 0. The number of rotatable bonds is 2. The lowest BCUT2D eigenvalue weighted by atomic mass is 9.92. The number of hydrogen-bond donors (Lipinski definition) is 3. The Balaban J connectivity index is 1.98. The summed E-state index contributed by atoms with van der Waals surface area (Å²) >= 11 is 0. The van der Waals surface area contributed by atoms with Gasteiger partial charge in [0.05, 0.1) is 18.5 Å². The maximum Gasteiger partial charge on any atom is 0.451 e. The fourth-order valence-electron chi connectivity index (χ4n) is 2.52. The standard InChI is InChI=1S/C12H14F3N5O/c13-12(14,15)11-19-9-8(16-5-17-9)10(20-11)18-6-3-1-2-4-7(6)21/h5-7,21H,1-4H2,(H2,16,17,18,19,20). The van der Waals surface area contributed by atoms with Crippen molar-refractivity contribution in [3.63, 3.8) is 0 Å². The Labute approximate surface area is 117 Å². The molecule has 0 radical (unpaired) electrons. The molecule has 1 aliphatic carbocycles. The number of imidazole rings is 1. The highest BCUT2D eigenvalue weighted by Gasteiger charge is 2.36. The molecule has 2 heterocycles. The zero-order valence-corrected chi connectivity index (χ0v) is 11.0. The van der Waals surface area contributed by atoms with Crippen LogP contribution >= 0.6 is 0 Å². The van der Waals surface area contributed by atoms with Crippen LogP contribution in [0.2, 0.25) is 0 Å². The Hall–Kier alpha value is -1.90. The minimum atomic E-state index is -4.64. The third kappa shape index (κ3) is 2.78. The van der Waals surface area contributed by atoms with E-state index in [1.165, 1.54) is 6.33 Å². The predicted molar refractivity (Wildman–Crippen MR) is 68.6 cm³/mol. The predicted octanol–water partition coefficient (Wildman–Crippen LogP) is 2.09. The SMILES string of the molecule is OC1CCCCC1Nc1nc(C(F)(F)F)nc2nc[nH]c12. The lowest BCUT2D eigenvalue weighted by Crippen LogP contribution is -2.36. The van der Waals surface area contributed by atoms with Crippen molar-refractivity contribution in [1.29, 1.82) is 0 Å². The topological polar surface area (TPSA) is 86.7 Å². The Kier molecular flexibility index (Phi) is 3.44. The largest absolute Gasteiger partial charge is 0.451 e. The van der Waals surface area contributed by atoms with Gasteiger partial charge in [-0.05, 0) is 12.8 Å². The van der Waals surface area contributed by atoms with E-state index in [4.69, 9.17) is 0 Å². The van der Waals surface area contributed by atoms with Gasteiger partial charge in [-0.2, -0.15) is 13.2 Å². The van der Waals surface area contributed by atoms with Gasteiger partial charge in [0.1, 0.15) is 5.52 Å². The normalized spacial score (nSPS) is 23.4. The average molecular weight is 301 g/mol. The highest BCUT2D eigenvalue weighted by atomic mass is 19.4. The minimum absolute atomic E-state index is 0.0239. The van der Waals surface area contributed by atoms with Gasteiger partial charge in [-0.15, -0.1) is 0 Å². The maximum atomic E-state index is 12.8. The summed E-state index contributed by atoms with van der Waals surface area (Å²) in [4.78, 5) is 13.4. The molecule has 2 unspecified atom stereocenters. The molecule has 1 fully saturated rings. The van der Waals surface area contributed by atoms with Gasteiger partial charge in [-0.1, -0.05) is 12.8 Å². The van der Waals surface area contributed by atoms with Gasteiger partial charge in [0.2, 0.25) is 5.82 Å². The molecule has 6 nitrogen and oxygen atoms in total. The Morgan fingerprint density at radius 1 is 1.24 bits per heavy atom. The average Bonchev–Trinajstić information content (AvgIpc) is 2.89. The quantitative estimate of drug-likeness (QED) is 0.790. The van der Waals surface area contributed by atoms with Crippen LogP contribution in [0.3, 0.4) is 0 Å². The summed E-state index contributed by atoms with van der Waals surface area (Å²) in [5.74, 6) is -1.22. The van der Waals surface area contributed by atoms with Crippen molar-refractivity contribution in [2.45, 2.75) is 44.0 Å². The number of H-pyrrole nitrogens is 1. The van der Waals surface area contributed by atoms with E-state index in [2.05, 4.69) is 25.3 Å². The van der Waals surface area contributed by atoms with Crippen molar-refractivity contribution < 1.29 is 18.3 Å². The van der Waals surface area contributed by atoms with Gasteiger partial charge in [0, 0.05) is 0 Å². The summed E-state index contributed by atoms with van der Waals surface area (Å²) in [6.07, 6.45) is -0.838. The first-order valence-corrected chi connectivity index (χ1v) is 6.68. The van der Waals surface area contributed by atoms with E-state index in [1.807, 2.05) is 0 Å². The van der Waals surface area contributed by atoms with E-state index >= 15 is 0 Å². The monoisotopic (exact) mass is 301 g/mol. The first-order chi connectivity index (χ1) is 9.95. The van der Waals surface area contributed by atoms with Crippen LogP contribution < -0.4 is 5.32 Å². The van der Waals surface area contributed by atoms with E-state index in [0.29, 0.717) is 18.4 Å². The number of halogens is 3. The number of hydrogen-bond acceptors (Lipinski definition) is 5. The molecule has 0 saturated heterocycles. The zero-order chi connectivity index (χ0) is 15.0. The van der Waals surface area contributed by atoms with Gasteiger partial charge in [-0.25, -0.2) is 15.0 Å². The van der Waals surface area contributed by atoms with Gasteiger partial charge in [0.15, 0.2) is 11.5 Å². The van der Waals surface area contributed by atoms with Gasteiger partial charge >= 0.3 is 6.18 Å². The van der Waals surface area contributed by atoms with Gasteiger partial charge in [-0.3, -0.25) is 0 Å². The lowest BCUT2D eigenvalue weighted by Gasteiger charge is -2.28. The molecule has 0 amide bonds. The second kappa shape index (κ2) is 5.14. The molecule has 2 aromatic heterocycles. The molecule has 1 aliphatic rings. The van der Waals surface area contributed by atoms with Crippen molar-refractivity contribution in [1.82, 2.24) is 19.9 Å². The number of anilines is 1. The number of nitrogens with zero attached hydrogens (tertiary/aromatic N) is 3. The van der Waals surface area contributed by atoms with E-state index in [9.17, 15) is 18.3 Å². The second-order valence-electron chi connectivity index (χ2n) is 5.10. The molecule has 0 spiro atoms. The van der Waals surface area contributed by atoms with E-state index in [1.54, 1.807) is 0 Å². The maximum absolute atomic E-state index is 12.8. The van der Waals surface area contributed by atoms with Crippen LogP contribution in [0.4, 0.5) is 19.0 Å². The molecule has 21 heavy (non-hydrogen) atoms. The Morgan fingerprint density at radius 3 is 2.71 bits per heavy atom. The van der Waals surface area contributed by atoms with Crippen molar-refractivity contribution in [3.8, 4) is 0 Å². The first kappa shape index (κ1) is 14.1. The van der Waals surface area contributed by atoms with Crippen molar-refractivity contribution in [2.75, 3.05) is 5.32 Å². The molecule has 9 heteroatoms. The Morgan fingerprint density at radius 2 is 2.00 bits per heavy atom. The molecule has 3 N–H and O–H groups in total. The van der Waals surface area contributed by atoms with Crippen molar-refractivity contribution in [2.24, 2.45) is 0 Å². The van der Waals surface area contributed by atoms with E-state index in [0.717, 1.165) is 12.8 Å². The molecule has 0 aliphatic heterocycles. The van der Waals surface area contributed by atoms with Crippen molar-refractivity contribution in [3.05, 3.63) is 12.2 Å². The molecular formula is C12H14F3N5O. The molecule has 2 atom stereocenters. The van der Waals surface area contributed by atoms with Gasteiger partial charge in [0.25, 0.3) is 0 Å². The Bertz CT molecular complexity index is 641. The number of alkyl halides is 3. The number of aromatic amines is 1. The smallest absolute Gasteiger partial charge is 0.391 e. The van der Waals surface area contributed by atoms with Crippen LogP contribution in [-0.4, -0.2) is 37.2 Å². The highest BCUT2D eigenvalue weighted by Crippen LogP contribution is 2.30.